The Bertz CT molecular complexity index is 2860. The fourth-order valence-electron chi connectivity index (χ4n) is 7.97. The van der Waals surface area contributed by atoms with Crippen molar-refractivity contribution in [2.45, 2.75) is 0 Å². The number of aromatic nitrogens is 1. The van der Waals surface area contributed by atoms with Gasteiger partial charge >= 0.3 is 0 Å². The van der Waals surface area contributed by atoms with E-state index >= 15 is 0 Å². The van der Waals surface area contributed by atoms with Gasteiger partial charge in [0.1, 0.15) is 0 Å². The average molecular weight is 689 g/mol. The van der Waals surface area contributed by atoms with Gasteiger partial charge in [-0.3, -0.25) is 0 Å². The van der Waals surface area contributed by atoms with E-state index in [1.807, 2.05) is 0 Å². The van der Waals surface area contributed by atoms with Crippen molar-refractivity contribution in [3.63, 3.8) is 0 Å². The molecular weight excluding hydrogens is 653 g/mol. The zero-order chi connectivity index (χ0) is 35.8. The molecule has 0 bridgehead atoms. The van der Waals surface area contributed by atoms with Crippen molar-refractivity contribution in [3.8, 4) is 39.1 Å². The lowest BCUT2D eigenvalue weighted by Gasteiger charge is -2.27. The second-order valence-electron chi connectivity index (χ2n) is 13.8. The molecule has 0 spiro atoms. The zero-order valence-electron chi connectivity index (χ0n) is 29.7. The molecule has 10 rings (SSSR count). The molecule has 0 aliphatic carbocycles. The van der Waals surface area contributed by atoms with Crippen molar-refractivity contribution in [2.75, 3.05) is 4.90 Å². The van der Waals surface area contributed by atoms with Crippen molar-refractivity contribution in [1.82, 2.24) is 4.57 Å². The normalized spacial score (nSPS) is 11.3. The maximum atomic E-state index is 2.38. The number of nitrogens with zero attached hydrogens (tertiary/aromatic N) is 2. The topological polar surface area (TPSA) is 8.17 Å². The smallest absolute Gasteiger partial charge is 0.0541 e. The molecule has 1 aromatic heterocycles. The summed E-state index contributed by atoms with van der Waals surface area (Å²) in [5, 5.41) is 4.97. The average Bonchev–Trinajstić information content (AvgIpc) is 3.59. The summed E-state index contributed by atoms with van der Waals surface area (Å²) in [5.41, 5.74) is 14.1. The Balaban J connectivity index is 1.01. The van der Waals surface area contributed by atoms with Gasteiger partial charge in [0.15, 0.2) is 0 Å². The van der Waals surface area contributed by atoms with E-state index < -0.39 is 0 Å². The van der Waals surface area contributed by atoms with Gasteiger partial charge in [0.05, 0.1) is 16.7 Å². The number of hydrogen-bond donors (Lipinski definition) is 0. The molecule has 0 radical (unpaired) electrons. The minimum atomic E-state index is 1.11. The van der Waals surface area contributed by atoms with Gasteiger partial charge < -0.3 is 9.47 Å². The molecule has 9 aromatic carbocycles. The van der Waals surface area contributed by atoms with Crippen molar-refractivity contribution >= 4 is 49.6 Å². The zero-order valence-corrected chi connectivity index (χ0v) is 29.7. The monoisotopic (exact) mass is 688 g/mol. The van der Waals surface area contributed by atoms with Gasteiger partial charge in [-0.2, -0.15) is 0 Å². The maximum absolute atomic E-state index is 2.38. The second-order valence-corrected chi connectivity index (χ2v) is 13.8. The molecule has 0 N–H and O–H groups in total. The number of rotatable bonds is 7. The quantitative estimate of drug-likeness (QED) is 0.162. The van der Waals surface area contributed by atoms with Crippen LogP contribution in [0.4, 0.5) is 17.1 Å². The molecule has 2 nitrogen and oxygen atoms in total. The number of para-hydroxylation sites is 2. The molecule has 0 amide bonds. The van der Waals surface area contributed by atoms with Gasteiger partial charge in [-0.1, -0.05) is 158 Å². The van der Waals surface area contributed by atoms with Crippen LogP contribution in [-0.4, -0.2) is 4.57 Å². The summed E-state index contributed by atoms with van der Waals surface area (Å²) >= 11 is 0. The highest BCUT2D eigenvalue weighted by Gasteiger charge is 2.17. The van der Waals surface area contributed by atoms with E-state index in [-0.39, 0.29) is 0 Å². The third-order valence-corrected chi connectivity index (χ3v) is 10.6. The van der Waals surface area contributed by atoms with Crippen molar-refractivity contribution < 1.29 is 0 Å². The number of anilines is 3. The summed E-state index contributed by atoms with van der Waals surface area (Å²) in [5.74, 6) is 0. The molecule has 0 fully saturated rings. The van der Waals surface area contributed by atoms with E-state index in [4.69, 9.17) is 0 Å². The van der Waals surface area contributed by atoms with Crippen LogP contribution < -0.4 is 4.90 Å². The molecule has 1 heterocycles. The molecule has 0 aliphatic heterocycles. The van der Waals surface area contributed by atoms with Crippen LogP contribution in [0.2, 0.25) is 0 Å². The van der Waals surface area contributed by atoms with E-state index in [0.29, 0.717) is 0 Å². The summed E-state index contributed by atoms with van der Waals surface area (Å²) in [6.45, 7) is 0. The minimum Gasteiger partial charge on any atom is -0.310 e. The van der Waals surface area contributed by atoms with E-state index in [9.17, 15) is 0 Å². The van der Waals surface area contributed by atoms with Crippen molar-refractivity contribution in [1.29, 1.82) is 0 Å². The SMILES string of the molecule is c1ccc(-c2ccc(N(c3ccc(-c4cccc(-c5cccc(-n6c7ccccc7c7ccccc76)c5)c4)cc3)c3cccc4ccccc34)cc2)cc1. The molecule has 10 aromatic rings. The van der Waals surface area contributed by atoms with E-state index in [2.05, 4.69) is 228 Å². The number of hydrogen-bond acceptors (Lipinski definition) is 1. The van der Waals surface area contributed by atoms with E-state index in [1.54, 1.807) is 0 Å². The molecule has 0 saturated carbocycles. The molecule has 0 atom stereocenters. The summed E-state index contributed by atoms with van der Waals surface area (Å²) in [7, 11) is 0. The Morgan fingerprint density at radius 3 is 1.41 bits per heavy atom. The largest absolute Gasteiger partial charge is 0.310 e. The Morgan fingerprint density at radius 1 is 0.296 bits per heavy atom. The van der Waals surface area contributed by atoms with E-state index in [0.717, 1.165) is 22.7 Å². The molecular formula is C52H36N2. The van der Waals surface area contributed by atoms with Gasteiger partial charge in [-0.25, -0.2) is 0 Å². The van der Waals surface area contributed by atoms with Crippen LogP contribution in [0, 0.1) is 0 Å². The Kier molecular flexibility index (Phi) is 7.85. The van der Waals surface area contributed by atoms with Gasteiger partial charge in [-0.05, 0) is 99.4 Å². The standard InChI is InChI=1S/C52H36N2/c1-2-13-37(14-3-1)38-27-31-44(32-28-38)53(50-26-12-16-40-15-4-5-21-47(40)50)45-33-29-39(30-34-45)41-17-10-18-42(35-41)43-19-11-20-46(36-43)54-51-24-8-6-22-48(51)49-23-7-9-25-52(49)54/h1-36H. The van der Waals surface area contributed by atoms with Gasteiger partial charge in [0.2, 0.25) is 0 Å². The van der Waals surface area contributed by atoms with Crippen molar-refractivity contribution in [2.24, 2.45) is 0 Å². The molecule has 54 heavy (non-hydrogen) atoms. The fraction of sp³-hybridized carbons (Fsp3) is 0. The van der Waals surface area contributed by atoms with Crippen LogP contribution in [0.25, 0.3) is 71.6 Å². The second kappa shape index (κ2) is 13.4. The highest BCUT2D eigenvalue weighted by atomic mass is 15.1. The van der Waals surface area contributed by atoms with Crippen LogP contribution in [0.3, 0.4) is 0 Å². The highest BCUT2D eigenvalue weighted by Crippen LogP contribution is 2.41. The third kappa shape index (κ3) is 5.62. The first kappa shape index (κ1) is 31.6. The summed E-state index contributed by atoms with van der Waals surface area (Å²) < 4.78 is 2.38. The summed E-state index contributed by atoms with van der Waals surface area (Å²) in [6, 6.07) is 78.8. The predicted molar refractivity (Wildman–Crippen MR) is 229 cm³/mol. The highest BCUT2D eigenvalue weighted by molar-refractivity contribution is 6.09. The first-order chi connectivity index (χ1) is 26.8. The molecule has 2 heteroatoms. The molecule has 0 aliphatic rings. The predicted octanol–water partition coefficient (Wildman–Crippen LogP) is 14.4. The van der Waals surface area contributed by atoms with Crippen LogP contribution >= 0.6 is 0 Å². The maximum Gasteiger partial charge on any atom is 0.0541 e. The third-order valence-electron chi connectivity index (χ3n) is 10.6. The van der Waals surface area contributed by atoms with E-state index in [1.165, 1.54) is 66.0 Å². The molecule has 0 unspecified atom stereocenters. The fourth-order valence-corrected chi connectivity index (χ4v) is 7.97. The Labute approximate surface area is 315 Å². The Morgan fingerprint density at radius 2 is 0.741 bits per heavy atom. The lowest BCUT2D eigenvalue weighted by Crippen LogP contribution is -2.10. The van der Waals surface area contributed by atoms with Gasteiger partial charge in [0, 0.05) is 33.2 Å². The molecule has 254 valence electrons. The van der Waals surface area contributed by atoms with Gasteiger partial charge in [0.25, 0.3) is 0 Å². The summed E-state index contributed by atoms with van der Waals surface area (Å²) in [4.78, 5) is 2.37. The summed E-state index contributed by atoms with van der Waals surface area (Å²) in [6.07, 6.45) is 0. The Hall–Kier alpha value is -7.16. The first-order valence-corrected chi connectivity index (χ1v) is 18.5. The molecule has 0 saturated heterocycles. The first-order valence-electron chi connectivity index (χ1n) is 18.5. The van der Waals surface area contributed by atoms with Crippen LogP contribution in [0.1, 0.15) is 0 Å². The lowest BCUT2D eigenvalue weighted by atomic mass is 9.98. The van der Waals surface area contributed by atoms with Crippen molar-refractivity contribution in [3.05, 3.63) is 218 Å². The van der Waals surface area contributed by atoms with Crippen LogP contribution in [0.5, 0.6) is 0 Å². The van der Waals surface area contributed by atoms with Crippen LogP contribution in [-0.2, 0) is 0 Å². The van der Waals surface area contributed by atoms with Gasteiger partial charge in [-0.15, -0.1) is 0 Å². The number of benzene rings is 9. The lowest BCUT2D eigenvalue weighted by molar-refractivity contribution is 1.18. The number of fused-ring (bicyclic) bond motifs is 4. The minimum absolute atomic E-state index is 1.11. The van der Waals surface area contributed by atoms with Crippen LogP contribution in [0.15, 0.2) is 218 Å².